The van der Waals surface area contributed by atoms with Crippen LogP contribution >= 0.6 is 27.3 Å². The van der Waals surface area contributed by atoms with Crippen LogP contribution in [0, 0.1) is 11.8 Å². The maximum absolute atomic E-state index is 13.6. The molecule has 172 valence electrons. The van der Waals surface area contributed by atoms with Crippen LogP contribution in [0.15, 0.2) is 40.2 Å². The van der Waals surface area contributed by atoms with Gasteiger partial charge in [-0.3, -0.25) is 10.1 Å². The van der Waals surface area contributed by atoms with Crippen molar-refractivity contribution in [3.63, 3.8) is 0 Å². The summed E-state index contributed by atoms with van der Waals surface area (Å²) < 4.78 is 5.83. The zero-order chi connectivity index (χ0) is 22.9. The standard InChI is InChI=1S/C25H31BrN2O3S/c1-16(2)18-10-13-25(14-11-18)27-22(20-8-9-21(26)32-20)23(29)28(25)15-12-17-4-6-19(7-5-17)24(30)31-3/h4-9,16,18,22,27H,10-15H2,1-3H3. The molecule has 2 aromatic rings. The molecule has 1 spiro atoms. The molecule has 2 aliphatic rings. The largest absolute Gasteiger partial charge is 0.465 e. The summed E-state index contributed by atoms with van der Waals surface area (Å²) >= 11 is 5.17. The van der Waals surface area contributed by atoms with Gasteiger partial charge in [0.05, 0.1) is 22.1 Å². The van der Waals surface area contributed by atoms with E-state index in [4.69, 9.17) is 4.74 Å². The van der Waals surface area contributed by atoms with Crippen LogP contribution in [-0.4, -0.2) is 36.1 Å². The van der Waals surface area contributed by atoms with E-state index in [-0.39, 0.29) is 23.6 Å². The van der Waals surface area contributed by atoms with Gasteiger partial charge in [0.1, 0.15) is 6.04 Å². The summed E-state index contributed by atoms with van der Waals surface area (Å²) in [6.45, 7) is 5.27. The highest BCUT2D eigenvalue weighted by Crippen LogP contribution is 2.44. The molecule has 1 unspecified atom stereocenters. The number of halogens is 1. The predicted octanol–water partition coefficient (Wildman–Crippen LogP) is 5.56. The van der Waals surface area contributed by atoms with E-state index in [1.54, 1.807) is 23.5 Å². The molecule has 2 heterocycles. The Morgan fingerprint density at radius 1 is 1.22 bits per heavy atom. The third kappa shape index (κ3) is 4.66. The van der Waals surface area contributed by atoms with Gasteiger partial charge in [-0.2, -0.15) is 0 Å². The van der Waals surface area contributed by atoms with E-state index in [1.807, 2.05) is 24.3 Å². The number of nitrogens with zero attached hydrogens (tertiary/aromatic N) is 1. The lowest BCUT2D eigenvalue weighted by atomic mass is 9.76. The molecule has 1 saturated carbocycles. The van der Waals surface area contributed by atoms with Gasteiger partial charge >= 0.3 is 5.97 Å². The molecule has 1 aliphatic heterocycles. The maximum atomic E-state index is 13.6. The van der Waals surface area contributed by atoms with Crippen molar-refractivity contribution in [1.82, 2.24) is 10.2 Å². The molecule has 0 bridgehead atoms. The number of amides is 1. The van der Waals surface area contributed by atoms with Gasteiger partial charge in [0.15, 0.2) is 0 Å². The van der Waals surface area contributed by atoms with E-state index in [2.05, 4.69) is 40.0 Å². The van der Waals surface area contributed by atoms with E-state index in [0.717, 1.165) is 52.2 Å². The van der Waals surface area contributed by atoms with Crippen molar-refractivity contribution in [2.45, 2.75) is 57.7 Å². The van der Waals surface area contributed by atoms with Crippen molar-refractivity contribution in [3.8, 4) is 0 Å². The van der Waals surface area contributed by atoms with Gasteiger partial charge in [-0.15, -0.1) is 11.3 Å². The summed E-state index contributed by atoms with van der Waals surface area (Å²) in [5.74, 6) is 1.24. The first-order valence-corrected chi connectivity index (χ1v) is 13.0. The zero-order valence-corrected chi connectivity index (χ0v) is 21.3. The lowest BCUT2D eigenvalue weighted by Gasteiger charge is -2.44. The number of esters is 1. The van der Waals surface area contributed by atoms with Gasteiger partial charge < -0.3 is 9.64 Å². The molecule has 1 saturated heterocycles. The fraction of sp³-hybridized carbons (Fsp3) is 0.520. The summed E-state index contributed by atoms with van der Waals surface area (Å²) in [6.07, 6.45) is 5.02. The molecule has 32 heavy (non-hydrogen) atoms. The van der Waals surface area contributed by atoms with Crippen LogP contribution in [0.4, 0.5) is 0 Å². The van der Waals surface area contributed by atoms with Gasteiger partial charge in [0.2, 0.25) is 5.91 Å². The van der Waals surface area contributed by atoms with Gasteiger partial charge in [-0.05, 0) is 89.7 Å². The molecule has 5 nitrogen and oxygen atoms in total. The number of rotatable bonds is 6. The van der Waals surface area contributed by atoms with Crippen LogP contribution in [0.3, 0.4) is 0 Å². The SMILES string of the molecule is COC(=O)c1ccc(CCN2C(=O)C(c3ccc(Br)s3)NC23CCC(C(C)C)CC3)cc1. The highest BCUT2D eigenvalue weighted by molar-refractivity contribution is 9.11. The molecule has 2 fully saturated rings. The molecule has 0 radical (unpaired) electrons. The van der Waals surface area contributed by atoms with E-state index in [9.17, 15) is 9.59 Å². The summed E-state index contributed by atoms with van der Waals surface area (Å²) in [4.78, 5) is 28.5. The Hall–Kier alpha value is -1.70. The molecule has 1 aliphatic carbocycles. The van der Waals surface area contributed by atoms with Gasteiger partial charge in [0.25, 0.3) is 0 Å². The molecule has 1 aromatic heterocycles. The number of methoxy groups -OCH3 is 1. The quantitative estimate of drug-likeness (QED) is 0.508. The van der Waals surface area contributed by atoms with Crippen molar-refractivity contribution < 1.29 is 14.3 Å². The summed E-state index contributed by atoms with van der Waals surface area (Å²) in [6, 6.07) is 11.3. The van der Waals surface area contributed by atoms with Gasteiger partial charge in [-0.25, -0.2) is 4.79 Å². The Morgan fingerprint density at radius 2 is 1.91 bits per heavy atom. The van der Waals surface area contributed by atoms with Crippen LogP contribution in [0.1, 0.15) is 66.4 Å². The molecular formula is C25H31BrN2O3S. The Labute approximate surface area is 202 Å². The van der Waals surface area contributed by atoms with Crippen molar-refractivity contribution in [1.29, 1.82) is 0 Å². The van der Waals surface area contributed by atoms with Crippen LogP contribution in [-0.2, 0) is 16.0 Å². The van der Waals surface area contributed by atoms with E-state index >= 15 is 0 Å². The summed E-state index contributed by atoms with van der Waals surface area (Å²) in [7, 11) is 1.39. The lowest BCUT2D eigenvalue weighted by molar-refractivity contribution is -0.133. The number of hydrogen-bond donors (Lipinski definition) is 1. The maximum Gasteiger partial charge on any atom is 0.337 e. The number of carbonyl (C=O) groups is 2. The molecule has 1 aromatic carbocycles. The second kappa shape index (κ2) is 9.65. The van der Waals surface area contributed by atoms with Gasteiger partial charge in [-0.1, -0.05) is 26.0 Å². The molecule has 4 rings (SSSR count). The number of ether oxygens (including phenoxy) is 1. The minimum Gasteiger partial charge on any atom is -0.465 e. The fourth-order valence-electron chi connectivity index (χ4n) is 5.14. The second-order valence-electron chi connectivity index (χ2n) is 9.26. The average molecular weight is 520 g/mol. The smallest absolute Gasteiger partial charge is 0.337 e. The fourth-order valence-corrected chi connectivity index (χ4v) is 6.61. The monoisotopic (exact) mass is 518 g/mol. The average Bonchev–Trinajstić information content (AvgIpc) is 3.33. The normalized spacial score (nSPS) is 25.7. The number of nitrogens with one attached hydrogen (secondary N) is 1. The number of hydrogen-bond acceptors (Lipinski definition) is 5. The number of thiophene rings is 1. The zero-order valence-electron chi connectivity index (χ0n) is 18.9. The molecule has 7 heteroatoms. The second-order valence-corrected chi connectivity index (χ2v) is 11.8. The topological polar surface area (TPSA) is 58.6 Å². The Bertz CT molecular complexity index is 964. The van der Waals surface area contributed by atoms with E-state index in [0.29, 0.717) is 18.0 Å². The number of carbonyl (C=O) groups excluding carboxylic acids is 2. The van der Waals surface area contributed by atoms with Crippen LogP contribution in [0.2, 0.25) is 0 Å². The third-order valence-corrected chi connectivity index (χ3v) is 8.81. The van der Waals surface area contributed by atoms with Crippen molar-refractivity contribution in [2.75, 3.05) is 13.7 Å². The first-order chi connectivity index (χ1) is 15.3. The summed E-state index contributed by atoms with van der Waals surface area (Å²) in [5.41, 5.74) is 1.39. The molecule has 1 amide bonds. The first-order valence-electron chi connectivity index (χ1n) is 11.3. The predicted molar refractivity (Wildman–Crippen MR) is 131 cm³/mol. The van der Waals surface area contributed by atoms with E-state index < -0.39 is 0 Å². The third-order valence-electron chi connectivity index (χ3n) is 7.12. The van der Waals surface area contributed by atoms with Crippen molar-refractivity contribution in [3.05, 3.63) is 56.2 Å². The van der Waals surface area contributed by atoms with Crippen molar-refractivity contribution >= 4 is 39.1 Å². The molecule has 1 atom stereocenters. The minimum atomic E-state index is -0.332. The Kier molecular flexibility index (Phi) is 7.08. The van der Waals surface area contributed by atoms with Crippen LogP contribution in [0.5, 0.6) is 0 Å². The minimum absolute atomic E-state index is 0.175. The van der Waals surface area contributed by atoms with Crippen molar-refractivity contribution in [2.24, 2.45) is 11.8 Å². The first kappa shape index (κ1) is 23.5. The lowest BCUT2D eigenvalue weighted by Crippen LogP contribution is -2.55. The highest BCUT2D eigenvalue weighted by Gasteiger charge is 2.52. The Balaban J connectivity index is 1.53. The van der Waals surface area contributed by atoms with Gasteiger partial charge in [0, 0.05) is 11.4 Å². The summed E-state index contributed by atoms with van der Waals surface area (Å²) in [5, 5.41) is 3.77. The molecular weight excluding hydrogens is 488 g/mol. The number of benzene rings is 1. The Morgan fingerprint density at radius 3 is 2.47 bits per heavy atom. The van der Waals surface area contributed by atoms with E-state index in [1.165, 1.54) is 7.11 Å². The van der Waals surface area contributed by atoms with Crippen LogP contribution in [0.25, 0.3) is 0 Å². The molecule has 1 N–H and O–H groups in total. The van der Waals surface area contributed by atoms with Crippen LogP contribution < -0.4 is 5.32 Å². The highest BCUT2D eigenvalue weighted by atomic mass is 79.9.